The Morgan fingerprint density at radius 1 is 1.13 bits per heavy atom. The number of fused-ring (bicyclic) bond motifs is 1. The molecule has 2 aromatic heterocycles. The lowest BCUT2D eigenvalue weighted by atomic mass is 10.1. The molecule has 0 aliphatic heterocycles. The van der Waals surface area contributed by atoms with Gasteiger partial charge in [-0.1, -0.05) is 18.2 Å². The highest BCUT2D eigenvalue weighted by Crippen LogP contribution is 2.24. The third-order valence-electron chi connectivity index (χ3n) is 3.91. The quantitative estimate of drug-likeness (QED) is 0.770. The third kappa shape index (κ3) is 3.41. The molecule has 0 saturated heterocycles. The van der Waals surface area contributed by atoms with Gasteiger partial charge in [-0.25, -0.2) is 15.0 Å². The van der Waals surface area contributed by atoms with E-state index in [-0.39, 0.29) is 12.4 Å². The van der Waals surface area contributed by atoms with E-state index >= 15 is 0 Å². The first kappa shape index (κ1) is 15.6. The second kappa shape index (κ2) is 6.48. The molecule has 0 bridgehead atoms. The van der Waals surface area contributed by atoms with Crippen LogP contribution in [0.15, 0.2) is 42.7 Å². The van der Waals surface area contributed by atoms with Gasteiger partial charge in [0.05, 0.1) is 11.2 Å². The van der Waals surface area contributed by atoms with Crippen LogP contribution in [-0.4, -0.2) is 21.0 Å². The van der Waals surface area contributed by atoms with Crippen molar-refractivity contribution in [2.45, 2.75) is 25.4 Å². The SMILES string of the molecule is Cl.Nc1ncnc2ccc(-c3cccc(CNC4CC4)c3)nc12. The molecular weight excluding hydrogens is 310 g/mol. The summed E-state index contributed by atoms with van der Waals surface area (Å²) in [5, 5.41) is 3.53. The topological polar surface area (TPSA) is 76.7 Å². The number of rotatable bonds is 4. The Bertz CT molecular complexity index is 832. The molecule has 1 saturated carbocycles. The van der Waals surface area contributed by atoms with Crippen LogP contribution in [-0.2, 0) is 6.54 Å². The highest BCUT2D eigenvalue weighted by molar-refractivity contribution is 5.86. The number of nitrogens with one attached hydrogen (secondary N) is 1. The minimum absolute atomic E-state index is 0. The van der Waals surface area contributed by atoms with Crippen LogP contribution in [0, 0.1) is 0 Å². The molecule has 0 spiro atoms. The van der Waals surface area contributed by atoms with Gasteiger partial charge in [0, 0.05) is 18.2 Å². The van der Waals surface area contributed by atoms with Crippen LogP contribution in [0.2, 0.25) is 0 Å². The van der Waals surface area contributed by atoms with Crippen molar-refractivity contribution in [2.75, 3.05) is 5.73 Å². The first-order valence-corrected chi connectivity index (χ1v) is 7.49. The fourth-order valence-electron chi connectivity index (χ4n) is 2.51. The number of halogens is 1. The monoisotopic (exact) mass is 327 g/mol. The average molecular weight is 328 g/mol. The molecule has 23 heavy (non-hydrogen) atoms. The van der Waals surface area contributed by atoms with Gasteiger partial charge in [-0.05, 0) is 36.6 Å². The molecule has 0 unspecified atom stereocenters. The van der Waals surface area contributed by atoms with Crippen LogP contribution >= 0.6 is 12.4 Å². The van der Waals surface area contributed by atoms with Crippen molar-refractivity contribution in [1.82, 2.24) is 20.3 Å². The van der Waals surface area contributed by atoms with E-state index in [1.165, 1.54) is 24.7 Å². The number of aromatic nitrogens is 3. The van der Waals surface area contributed by atoms with Crippen LogP contribution in [0.25, 0.3) is 22.3 Å². The standard InChI is InChI=1S/C17H17N5.ClH/c18-17-16-15(20-10-21-17)7-6-14(22-16)12-3-1-2-11(8-12)9-19-13-4-5-13;/h1-3,6-8,10,13,19H,4-5,9H2,(H2,18,20,21);1H. The smallest absolute Gasteiger partial charge is 0.153 e. The minimum Gasteiger partial charge on any atom is -0.382 e. The van der Waals surface area contributed by atoms with E-state index in [2.05, 4.69) is 44.5 Å². The first-order valence-electron chi connectivity index (χ1n) is 7.49. The Labute approximate surface area is 140 Å². The number of pyridine rings is 1. The van der Waals surface area contributed by atoms with Crippen molar-refractivity contribution in [1.29, 1.82) is 0 Å². The second-order valence-corrected chi connectivity index (χ2v) is 5.68. The van der Waals surface area contributed by atoms with Crippen LogP contribution in [0.4, 0.5) is 5.82 Å². The summed E-state index contributed by atoms with van der Waals surface area (Å²) in [5.41, 5.74) is 10.6. The van der Waals surface area contributed by atoms with Crippen LogP contribution in [0.5, 0.6) is 0 Å². The number of benzene rings is 1. The predicted molar refractivity (Wildman–Crippen MR) is 94.3 cm³/mol. The van der Waals surface area contributed by atoms with Gasteiger partial charge < -0.3 is 11.1 Å². The largest absolute Gasteiger partial charge is 0.382 e. The van der Waals surface area contributed by atoms with Gasteiger partial charge in [0.2, 0.25) is 0 Å². The molecule has 3 aromatic rings. The van der Waals surface area contributed by atoms with Gasteiger partial charge in [-0.3, -0.25) is 0 Å². The lowest BCUT2D eigenvalue weighted by Crippen LogP contribution is -2.15. The molecule has 0 amide bonds. The van der Waals surface area contributed by atoms with E-state index in [1.54, 1.807) is 0 Å². The summed E-state index contributed by atoms with van der Waals surface area (Å²) in [6, 6.07) is 13.1. The molecule has 118 valence electrons. The minimum atomic E-state index is 0. The maximum absolute atomic E-state index is 5.90. The molecule has 0 radical (unpaired) electrons. The number of hydrogen-bond acceptors (Lipinski definition) is 5. The van der Waals surface area contributed by atoms with Crippen LogP contribution in [0.1, 0.15) is 18.4 Å². The summed E-state index contributed by atoms with van der Waals surface area (Å²) in [7, 11) is 0. The molecular formula is C17H18ClN5. The Hall–Kier alpha value is -2.24. The van der Waals surface area contributed by atoms with E-state index < -0.39 is 0 Å². The van der Waals surface area contributed by atoms with Gasteiger partial charge in [0.15, 0.2) is 5.82 Å². The molecule has 0 atom stereocenters. The van der Waals surface area contributed by atoms with Gasteiger partial charge in [0.25, 0.3) is 0 Å². The van der Waals surface area contributed by atoms with E-state index in [1.807, 2.05) is 12.1 Å². The van der Waals surface area contributed by atoms with Crippen molar-refractivity contribution >= 4 is 29.3 Å². The van der Waals surface area contributed by atoms with Crippen LogP contribution in [0.3, 0.4) is 0 Å². The maximum Gasteiger partial charge on any atom is 0.153 e. The average Bonchev–Trinajstić information content (AvgIpc) is 3.38. The Morgan fingerprint density at radius 3 is 2.83 bits per heavy atom. The maximum atomic E-state index is 5.90. The number of nitrogens with zero attached hydrogens (tertiary/aromatic N) is 3. The third-order valence-corrected chi connectivity index (χ3v) is 3.91. The Morgan fingerprint density at radius 2 is 2.00 bits per heavy atom. The summed E-state index contributed by atoms with van der Waals surface area (Å²) in [4.78, 5) is 12.8. The molecule has 5 nitrogen and oxygen atoms in total. The fourth-order valence-corrected chi connectivity index (χ4v) is 2.51. The lowest BCUT2D eigenvalue weighted by Gasteiger charge is -2.07. The summed E-state index contributed by atoms with van der Waals surface area (Å²) in [6.07, 6.45) is 4.06. The molecule has 2 heterocycles. The van der Waals surface area contributed by atoms with Gasteiger partial charge in [-0.2, -0.15) is 0 Å². The zero-order chi connectivity index (χ0) is 14.9. The van der Waals surface area contributed by atoms with Crippen molar-refractivity contribution in [3.8, 4) is 11.3 Å². The van der Waals surface area contributed by atoms with E-state index in [0.29, 0.717) is 17.4 Å². The fraction of sp³-hybridized carbons (Fsp3) is 0.235. The number of anilines is 1. The van der Waals surface area contributed by atoms with Crippen molar-refractivity contribution < 1.29 is 0 Å². The van der Waals surface area contributed by atoms with Crippen molar-refractivity contribution in [2.24, 2.45) is 0 Å². The summed E-state index contributed by atoms with van der Waals surface area (Å²) < 4.78 is 0. The Kier molecular flexibility index (Phi) is 4.41. The number of hydrogen-bond donors (Lipinski definition) is 2. The van der Waals surface area contributed by atoms with E-state index in [0.717, 1.165) is 23.3 Å². The number of nitrogens with two attached hydrogens (primary N) is 1. The first-order chi connectivity index (χ1) is 10.8. The number of nitrogen functional groups attached to an aromatic ring is 1. The molecule has 3 N–H and O–H groups in total. The van der Waals surface area contributed by atoms with Crippen molar-refractivity contribution in [3.05, 3.63) is 48.3 Å². The zero-order valence-corrected chi connectivity index (χ0v) is 13.4. The predicted octanol–water partition coefficient (Wildman–Crippen LogP) is 2.95. The van der Waals surface area contributed by atoms with Crippen molar-refractivity contribution in [3.63, 3.8) is 0 Å². The molecule has 1 aliphatic carbocycles. The summed E-state index contributed by atoms with van der Waals surface area (Å²) >= 11 is 0. The van der Waals surface area contributed by atoms with Gasteiger partial charge >= 0.3 is 0 Å². The molecule has 6 heteroatoms. The molecule has 4 rings (SSSR count). The summed E-state index contributed by atoms with van der Waals surface area (Å²) in [5.74, 6) is 0.415. The van der Waals surface area contributed by atoms with E-state index in [4.69, 9.17) is 5.73 Å². The summed E-state index contributed by atoms with van der Waals surface area (Å²) in [6.45, 7) is 0.900. The zero-order valence-electron chi connectivity index (χ0n) is 12.6. The van der Waals surface area contributed by atoms with Crippen LogP contribution < -0.4 is 11.1 Å². The normalized spacial score (nSPS) is 13.7. The van der Waals surface area contributed by atoms with Gasteiger partial charge in [0.1, 0.15) is 11.8 Å². The highest BCUT2D eigenvalue weighted by Gasteiger charge is 2.19. The molecule has 1 aliphatic rings. The molecule has 1 aromatic carbocycles. The highest BCUT2D eigenvalue weighted by atomic mass is 35.5. The van der Waals surface area contributed by atoms with E-state index in [9.17, 15) is 0 Å². The molecule has 1 fully saturated rings. The Balaban J connectivity index is 0.00000156. The second-order valence-electron chi connectivity index (χ2n) is 5.68. The lowest BCUT2D eigenvalue weighted by molar-refractivity contribution is 0.688. The van der Waals surface area contributed by atoms with Gasteiger partial charge in [-0.15, -0.1) is 12.4 Å².